The average molecular weight is 402 g/mol. The molecule has 2 rings (SSSR count). The number of rotatable bonds is 10. The fourth-order valence-electron chi connectivity index (χ4n) is 2.68. The van der Waals surface area contributed by atoms with Crippen molar-refractivity contribution in [3.8, 4) is 11.5 Å². The minimum atomic E-state index is -3.77. The first-order valence-electron chi connectivity index (χ1n) is 9.09. The highest BCUT2D eigenvalue weighted by molar-refractivity contribution is 5.39. The Hall–Kier alpha value is -2.31. The van der Waals surface area contributed by atoms with Crippen LogP contribution in [0.2, 0.25) is 0 Å². The highest BCUT2D eigenvalue weighted by Crippen LogP contribution is 2.34. The molecule has 0 aliphatic heterocycles. The van der Waals surface area contributed by atoms with E-state index in [4.69, 9.17) is 4.74 Å². The first-order valence-corrected chi connectivity index (χ1v) is 9.09. The van der Waals surface area contributed by atoms with Crippen molar-refractivity contribution in [3.63, 3.8) is 0 Å². The highest BCUT2D eigenvalue weighted by Gasteiger charge is 2.34. The standard InChI is InChI=1S/C21H23F5O2/c1-3-4-5-6-15-8-10-16(11-9-15)28-21(25,26)13-27-17-12-7-14(2)19(22)18(17)20(23)24/h7-12,20H,3-6,13H2,1-2H3. The van der Waals surface area contributed by atoms with Gasteiger partial charge in [-0.3, -0.25) is 0 Å². The van der Waals surface area contributed by atoms with Crippen LogP contribution in [0.5, 0.6) is 11.5 Å². The SMILES string of the molecule is CCCCCc1ccc(OC(F)(F)COc2ccc(C)c(F)c2C(F)F)cc1. The quantitative estimate of drug-likeness (QED) is 0.319. The van der Waals surface area contributed by atoms with Gasteiger partial charge >= 0.3 is 6.11 Å². The third-order valence-corrected chi connectivity index (χ3v) is 4.21. The van der Waals surface area contributed by atoms with E-state index < -0.39 is 36.3 Å². The van der Waals surface area contributed by atoms with Gasteiger partial charge in [-0.05, 0) is 49.1 Å². The first-order chi connectivity index (χ1) is 13.2. The van der Waals surface area contributed by atoms with Crippen molar-refractivity contribution in [1.82, 2.24) is 0 Å². The zero-order valence-electron chi connectivity index (χ0n) is 15.8. The van der Waals surface area contributed by atoms with Crippen LogP contribution in [0, 0.1) is 12.7 Å². The van der Waals surface area contributed by atoms with E-state index in [2.05, 4.69) is 11.7 Å². The van der Waals surface area contributed by atoms with Gasteiger partial charge in [0, 0.05) is 0 Å². The van der Waals surface area contributed by atoms with Gasteiger partial charge in [-0.1, -0.05) is 38.0 Å². The Morgan fingerprint density at radius 2 is 1.68 bits per heavy atom. The zero-order valence-corrected chi connectivity index (χ0v) is 15.8. The van der Waals surface area contributed by atoms with Gasteiger partial charge in [0.1, 0.15) is 17.3 Å². The Kier molecular flexibility index (Phi) is 7.66. The molecule has 0 spiro atoms. The second-order valence-corrected chi connectivity index (χ2v) is 6.54. The summed E-state index contributed by atoms with van der Waals surface area (Å²) < 4.78 is 77.4. The third-order valence-electron chi connectivity index (χ3n) is 4.21. The lowest BCUT2D eigenvalue weighted by Gasteiger charge is -2.20. The highest BCUT2D eigenvalue weighted by atomic mass is 19.3. The number of hydrogen-bond acceptors (Lipinski definition) is 2. The topological polar surface area (TPSA) is 18.5 Å². The van der Waals surface area contributed by atoms with E-state index in [-0.39, 0.29) is 11.3 Å². The van der Waals surface area contributed by atoms with Gasteiger partial charge in [0.2, 0.25) is 0 Å². The monoisotopic (exact) mass is 402 g/mol. The molecule has 0 aromatic heterocycles. The molecule has 154 valence electrons. The van der Waals surface area contributed by atoms with Gasteiger partial charge in [0.15, 0.2) is 6.61 Å². The van der Waals surface area contributed by atoms with E-state index >= 15 is 0 Å². The van der Waals surface area contributed by atoms with Gasteiger partial charge in [-0.15, -0.1) is 0 Å². The molecule has 0 saturated carbocycles. The Bertz CT molecular complexity index is 760. The van der Waals surface area contributed by atoms with Crippen LogP contribution in [0.4, 0.5) is 22.0 Å². The molecule has 0 atom stereocenters. The zero-order chi connectivity index (χ0) is 20.7. The smallest absolute Gasteiger partial charge is 0.432 e. The summed E-state index contributed by atoms with van der Waals surface area (Å²) >= 11 is 0. The summed E-state index contributed by atoms with van der Waals surface area (Å²) in [4.78, 5) is 0. The molecular formula is C21H23F5O2. The first kappa shape index (κ1) is 22.0. The lowest BCUT2D eigenvalue weighted by molar-refractivity contribution is -0.195. The average Bonchev–Trinajstić information content (AvgIpc) is 2.64. The Morgan fingerprint density at radius 1 is 1.00 bits per heavy atom. The number of benzene rings is 2. The van der Waals surface area contributed by atoms with Crippen molar-refractivity contribution in [3.05, 3.63) is 58.9 Å². The number of ether oxygens (including phenoxy) is 2. The van der Waals surface area contributed by atoms with Gasteiger partial charge in [0.25, 0.3) is 6.43 Å². The van der Waals surface area contributed by atoms with Crippen molar-refractivity contribution >= 4 is 0 Å². The van der Waals surface area contributed by atoms with Crippen LogP contribution < -0.4 is 9.47 Å². The minimum Gasteiger partial charge on any atom is -0.482 e. The van der Waals surface area contributed by atoms with E-state index in [9.17, 15) is 22.0 Å². The third kappa shape index (κ3) is 6.11. The number of alkyl halides is 4. The van der Waals surface area contributed by atoms with E-state index in [1.807, 2.05) is 0 Å². The van der Waals surface area contributed by atoms with Crippen molar-refractivity contribution < 1.29 is 31.4 Å². The fraction of sp³-hybridized carbons (Fsp3) is 0.429. The van der Waals surface area contributed by atoms with Crippen molar-refractivity contribution in [2.45, 2.75) is 52.1 Å². The molecule has 0 aliphatic rings. The van der Waals surface area contributed by atoms with Gasteiger partial charge < -0.3 is 9.47 Å². The lowest BCUT2D eigenvalue weighted by atomic mass is 10.1. The normalized spacial score (nSPS) is 11.7. The van der Waals surface area contributed by atoms with E-state index in [0.29, 0.717) is 0 Å². The largest absolute Gasteiger partial charge is 0.482 e. The molecule has 0 heterocycles. The predicted octanol–water partition coefficient (Wildman–Crippen LogP) is 6.86. The van der Waals surface area contributed by atoms with E-state index in [0.717, 1.165) is 37.3 Å². The molecule has 2 aromatic carbocycles. The molecular weight excluding hydrogens is 379 g/mol. The molecule has 0 radical (unpaired) electrons. The molecule has 0 amide bonds. The molecule has 0 aliphatic carbocycles. The molecule has 0 fully saturated rings. The Balaban J connectivity index is 2.00. The number of hydrogen-bond donors (Lipinski definition) is 0. The van der Waals surface area contributed by atoms with Gasteiger partial charge in [-0.2, -0.15) is 8.78 Å². The second kappa shape index (κ2) is 9.75. The summed E-state index contributed by atoms with van der Waals surface area (Å²) in [5, 5.41) is 0. The summed E-state index contributed by atoms with van der Waals surface area (Å²) in [6.45, 7) is 2.07. The molecule has 0 unspecified atom stereocenters. The fourth-order valence-corrected chi connectivity index (χ4v) is 2.68. The maximum atomic E-state index is 14.0. The summed E-state index contributed by atoms with van der Waals surface area (Å²) in [5.41, 5.74) is -0.0472. The van der Waals surface area contributed by atoms with Gasteiger partial charge in [0.05, 0.1) is 5.56 Å². The molecule has 2 aromatic rings. The van der Waals surface area contributed by atoms with Crippen LogP contribution >= 0.6 is 0 Å². The number of aryl methyl sites for hydroxylation is 2. The molecule has 2 nitrogen and oxygen atoms in total. The molecule has 7 heteroatoms. The minimum absolute atomic E-state index is 0.0234. The summed E-state index contributed by atoms with van der Waals surface area (Å²) in [7, 11) is 0. The summed E-state index contributed by atoms with van der Waals surface area (Å²) in [6.07, 6.45) is -2.92. The summed E-state index contributed by atoms with van der Waals surface area (Å²) in [6, 6.07) is 8.48. The van der Waals surface area contributed by atoms with Crippen LogP contribution in [0.3, 0.4) is 0 Å². The van der Waals surface area contributed by atoms with Crippen LogP contribution in [0.15, 0.2) is 36.4 Å². The second-order valence-electron chi connectivity index (χ2n) is 6.54. The van der Waals surface area contributed by atoms with Crippen molar-refractivity contribution in [2.75, 3.05) is 6.61 Å². The van der Waals surface area contributed by atoms with Crippen LogP contribution in [0.25, 0.3) is 0 Å². The maximum Gasteiger partial charge on any atom is 0.432 e. The van der Waals surface area contributed by atoms with E-state index in [1.165, 1.54) is 25.1 Å². The van der Waals surface area contributed by atoms with Crippen LogP contribution in [0.1, 0.15) is 49.3 Å². The lowest BCUT2D eigenvalue weighted by Crippen LogP contribution is -2.32. The van der Waals surface area contributed by atoms with Crippen LogP contribution in [-0.2, 0) is 6.42 Å². The molecule has 28 heavy (non-hydrogen) atoms. The molecule has 0 saturated heterocycles. The number of halogens is 5. The summed E-state index contributed by atoms with van der Waals surface area (Å²) in [5.74, 6) is -1.87. The van der Waals surface area contributed by atoms with Gasteiger partial charge in [-0.25, -0.2) is 13.2 Å². The Labute approximate surface area is 161 Å². The van der Waals surface area contributed by atoms with Crippen molar-refractivity contribution in [2.24, 2.45) is 0 Å². The van der Waals surface area contributed by atoms with Crippen molar-refractivity contribution in [1.29, 1.82) is 0 Å². The molecule has 0 N–H and O–H groups in total. The van der Waals surface area contributed by atoms with E-state index in [1.54, 1.807) is 12.1 Å². The Morgan fingerprint density at radius 3 is 2.29 bits per heavy atom. The number of unbranched alkanes of at least 4 members (excludes halogenated alkanes) is 2. The maximum absolute atomic E-state index is 14.0. The molecule has 0 bridgehead atoms. The van der Waals surface area contributed by atoms with Crippen LogP contribution in [-0.4, -0.2) is 12.7 Å². The predicted molar refractivity (Wildman–Crippen MR) is 96.8 cm³/mol.